The van der Waals surface area contributed by atoms with Gasteiger partial charge in [0, 0.05) is 6.61 Å². The number of benzene rings is 3. The van der Waals surface area contributed by atoms with Gasteiger partial charge in [0.25, 0.3) is 10.1 Å². The van der Waals surface area contributed by atoms with Crippen LogP contribution in [0.1, 0.15) is 54.2 Å². The maximum atomic E-state index is 13.0. The highest BCUT2D eigenvalue weighted by Crippen LogP contribution is 2.46. The van der Waals surface area contributed by atoms with Crippen LogP contribution in [-0.4, -0.2) is 89.7 Å². The van der Waals surface area contributed by atoms with Crippen molar-refractivity contribution in [3.63, 3.8) is 0 Å². The van der Waals surface area contributed by atoms with E-state index in [2.05, 4.69) is 4.18 Å². The zero-order valence-electron chi connectivity index (χ0n) is 31.9. The molecule has 0 saturated heterocycles. The number of methoxy groups -OCH3 is 3. The molecule has 3 atom stereocenters. The summed E-state index contributed by atoms with van der Waals surface area (Å²) in [7, 11) is 0.517. The van der Waals surface area contributed by atoms with Crippen molar-refractivity contribution in [2.75, 3.05) is 47.4 Å². The molecule has 322 valence electrons. The third-order valence-corrected chi connectivity index (χ3v) is 9.55. The van der Waals surface area contributed by atoms with Crippen LogP contribution < -0.4 is 14.2 Å². The summed E-state index contributed by atoms with van der Waals surface area (Å²) in [5.41, 5.74) is -7.78. The van der Waals surface area contributed by atoms with Crippen LogP contribution in [0.5, 0.6) is 17.2 Å². The van der Waals surface area contributed by atoms with E-state index in [4.69, 9.17) is 24.1 Å². The van der Waals surface area contributed by atoms with E-state index in [1.807, 2.05) is 0 Å². The molecule has 57 heavy (non-hydrogen) atoms. The van der Waals surface area contributed by atoms with Gasteiger partial charge in [-0.25, -0.2) is 0 Å². The zero-order valence-corrected chi connectivity index (χ0v) is 32.8. The van der Waals surface area contributed by atoms with E-state index in [1.54, 1.807) is 6.07 Å². The molecule has 1 heterocycles. The van der Waals surface area contributed by atoms with Crippen molar-refractivity contribution < 1.29 is 86.4 Å². The van der Waals surface area contributed by atoms with Gasteiger partial charge >= 0.3 is 18.5 Å². The molecule has 1 aliphatic heterocycles. The number of hydrogen-bond acceptors (Lipinski definition) is 10. The molecule has 3 unspecified atom stereocenters. The van der Waals surface area contributed by atoms with E-state index >= 15 is 0 Å². The Morgan fingerprint density at radius 1 is 0.719 bits per heavy atom. The number of hydrogen-bond donors (Lipinski definition) is 3. The van der Waals surface area contributed by atoms with Gasteiger partial charge in [-0.05, 0) is 110 Å². The monoisotopic (exact) mass is 852 g/mol. The van der Waals surface area contributed by atoms with Gasteiger partial charge < -0.3 is 34.3 Å². The van der Waals surface area contributed by atoms with E-state index < -0.39 is 45.5 Å². The van der Waals surface area contributed by atoms with Crippen molar-refractivity contribution in [2.45, 2.75) is 75.4 Å². The van der Waals surface area contributed by atoms with Gasteiger partial charge in [0.2, 0.25) is 0 Å². The first kappa shape index (κ1) is 49.3. The molecule has 20 heteroatoms. The van der Waals surface area contributed by atoms with Gasteiger partial charge in [-0.3, -0.25) is 4.18 Å². The molecular formula is C37H45F9O10S. The highest BCUT2D eigenvalue weighted by atomic mass is 32.2. The first-order valence-corrected chi connectivity index (χ1v) is 18.6. The lowest BCUT2D eigenvalue weighted by molar-refractivity contribution is -0.281. The molecule has 4 rings (SSSR count). The molecular weight excluding hydrogens is 807 g/mol. The molecule has 3 aromatic rings. The summed E-state index contributed by atoms with van der Waals surface area (Å²) in [5, 5.41) is 28.3. The normalized spacial score (nSPS) is 18.0. The second kappa shape index (κ2) is 18.8. The van der Waals surface area contributed by atoms with Crippen LogP contribution in [0.25, 0.3) is 0 Å². The predicted octanol–water partition coefficient (Wildman–Crippen LogP) is 7.03. The van der Waals surface area contributed by atoms with Crippen LogP contribution in [0.2, 0.25) is 0 Å². The number of alkyl halides is 9. The minimum Gasteiger partial charge on any atom is -0.497 e. The van der Waals surface area contributed by atoms with Crippen molar-refractivity contribution in [2.24, 2.45) is 0 Å². The van der Waals surface area contributed by atoms with Gasteiger partial charge in [0.05, 0.1) is 40.8 Å². The maximum Gasteiger partial charge on any atom is 0.421 e. The molecule has 0 aliphatic carbocycles. The third kappa shape index (κ3) is 12.3. The number of fused-ring (bicyclic) bond motifs is 1. The molecule has 3 N–H and O–H groups in total. The Labute approximate surface area is 324 Å². The lowest BCUT2D eigenvalue weighted by Crippen LogP contribution is -2.45. The van der Waals surface area contributed by atoms with Gasteiger partial charge in [-0.2, -0.15) is 47.9 Å². The first-order chi connectivity index (χ1) is 26.0. The van der Waals surface area contributed by atoms with Gasteiger partial charge in [0.15, 0.2) is 16.8 Å². The summed E-state index contributed by atoms with van der Waals surface area (Å²) in [6, 6.07) is 12.2. The number of aliphatic hydroxyl groups excluding tert-OH is 1. The molecule has 3 aromatic carbocycles. The molecule has 0 saturated carbocycles. The van der Waals surface area contributed by atoms with E-state index in [1.165, 1.54) is 57.7 Å². The molecule has 0 bridgehead atoms. The summed E-state index contributed by atoms with van der Waals surface area (Å²) < 4.78 is 163. The zero-order chi connectivity index (χ0) is 43.8. The summed E-state index contributed by atoms with van der Waals surface area (Å²) in [6.07, 6.45) is -12.9. The minimum atomic E-state index is -4.88. The second-order valence-electron chi connectivity index (χ2n) is 13.1. The number of aliphatic hydroxyl groups is 3. The Morgan fingerprint density at radius 2 is 1.14 bits per heavy atom. The standard InChI is InChI=1S/C13H17F3O5S.C12H15F3O3.C12H13F3O2/c1-12(17,13(14,15)16)11-5-4-10(20-2)8-9(11)6-7-21-22(3,18)19;1-11(17,12(13,14)15)10-4-3-9(18-2)7-8(10)5-6-16;1-11(12(13,14)15)10-4-3-9(16-2)7-8(10)5-6-17-11/h4-5,8,17H,6-7H2,1-3H3;3-4,7,16-17H,5-6H2,1-2H3;3-4,7H,5-6H2,1-2H3. The smallest absolute Gasteiger partial charge is 0.421 e. The highest BCUT2D eigenvalue weighted by molar-refractivity contribution is 7.85. The minimum absolute atomic E-state index is 0.0127. The van der Waals surface area contributed by atoms with Crippen LogP contribution in [0.15, 0.2) is 54.6 Å². The van der Waals surface area contributed by atoms with Crippen LogP contribution in [0.3, 0.4) is 0 Å². The topological polar surface area (TPSA) is 141 Å². The van der Waals surface area contributed by atoms with E-state index in [-0.39, 0.29) is 66.2 Å². The average Bonchev–Trinajstić information content (AvgIpc) is 3.10. The van der Waals surface area contributed by atoms with Crippen LogP contribution in [-0.2, 0) is 55.1 Å². The fourth-order valence-electron chi connectivity index (χ4n) is 5.53. The Morgan fingerprint density at radius 3 is 1.53 bits per heavy atom. The predicted molar refractivity (Wildman–Crippen MR) is 189 cm³/mol. The third-order valence-electron chi connectivity index (χ3n) is 8.96. The van der Waals surface area contributed by atoms with Crippen molar-refractivity contribution in [1.29, 1.82) is 0 Å². The highest BCUT2D eigenvalue weighted by Gasteiger charge is 2.56. The lowest BCUT2D eigenvalue weighted by atomic mass is 9.87. The van der Waals surface area contributed by atoms with Gasteiger partial charge in [0.1, 0.15) is 17.2 Å². The van der Waals surface area contributed by atoms with Crippen molar-refractivity contribution in [3.8, 4) is 17.2 Å². The number of rotatable bonds is 11. The largest absolute Gasteiger partial charge is 0.497 e. The number of halogens is 9. The Hall–Kier alpha value is -3.82. The van der Waals surface area contributed by atoms with E-state index in [9.17, 15) is 58.1 Å². The Kier molecular flexibility index (Phi) is 16.3. The fourth-order valence-corrected chi connectivity index (χ4v) is 5.92. The molecule has 0 amide bonds. The average molecular weight is 853 g/mol. The van der Waals surface area contributed by atoms with E-state index in [0.717, 1.165) is 25.3 Å². The summed E-state index contributed by atoms with van der Waals surface area (Å²) in [5.74, 6) is 1.23. The Balaban J connectivity index is 0.000000298. The number of ether oxygens (including phenoxy) is 4. The van der Waals surface area contributed by atoms with Crippen LogP contribution in [0.4, 0.5) is 39.5 Å². The summed E-state index contributed by atoms with van der Waals surface area (Å²) >= 11 is 0. The lowest BCUT2D eigenvalue weighted by Gasteiger charge is -2.37. The van der Waals surface area contributed by atoms with E-state index in [0.29, 0.717) is 37.3 Å². The van der Waals surface area contributed by atoms with Crippen LogP contribution >= 0.6 is 0 Å². The van der Waals surface area contributed by atoms with Crippen LogP contribution in [0, 0.1) is 0 Å². The fraction of sp³-hybridized carbons (Fsp3) is 0.514. The second-order valence-corrected chi connectivity index (χ2v) is 14.7. The van der Waals surface area contributed by atoms with Gasteiger partial charge in [-0.15, -0.1) is 0 Å². The maximum absolute atomic E-state index is 13.0. The SMILES string of the molecule is COc1ccc(C(C)(O)C(F)(F)F)c(CCO)c1.COc1ccc(C(C)(O)C(F)(F)F)c(CCOS(C)(=O)=O)c1.COc1ccc2c(c1)CCOC2(C)C(F)(F)F. The quantitative estimate of drug-likeness (QED) is 0.136. The molecule has 10 nitrogen and oxygen atoms in total. The molecule has 0 aromatic heterocycles. The first-order valence-electron chi connectivity index (χ1n) is 16.8. The molecule has 0 radical (unpaired) electrons. The van der Waals surface area contributed by atoms with Crippen molar-refractivity contribution in [1.82, 2.24) is 0 Å². The molecule has 0 spiro atoms. The van der Waals surface area contributed by atoms with Gasteiger partial charge in [-0.1, -0.05) is 18.2 Å². The molecule has 0 fully saturated rings. The van der Waals surface area contributed by atoms with Crippen molar-refractivity contribution >= 4 is 10.1 Å². The summed E-state index contributed by atoms with van der Waals surface area (Å²) in [4.78, 5) is 0. The summed E-state index contributed by atoms with van der Waals surface area (Å²) in [6.45, 7) is 1.81. The van der Waals surface area contributed by atoms with Crippen molar-refractivity contribution in [3.05, 3.63) is 88.0 Å². The molecule has 1 aliphatic rings. The Bertz CT molecular complexity index is 1890.